The number of halogens is 1. The van der Waals surface area contributed by atoms with Gasteiger partial charge in [0.1, 0.15) is 5.82 Å². The summed E-state index contributed by atoms with van der Waals surface area (Å²) in [5.41, 5.74) is 3.01. The lowest BCUT2D eigenvalue weighted by Crippen LogP contribution is -2.74. The molecule has 4 rings (SSSR count). The predicted octanol–water partition coefficient (Wildman–Crippen LogP) is 3.71. The number of hydrogen-bond donors (Lipinski definition) is 1. The molecule has 1 unspecified atom stereocenters. The summed E-state index contributed by atoms with van der Waals surface area (Å²) < 4.78 is 19.4. The quantitative estimate of drug-likeness (QED) is 0.855. The van der Waals surface area contributed by atoms with Crippen LogP contribution < -0.4 is 10.2 Å². The molecule has 0 bridgehead atoms. The molecule has 0 radical (unpaired) electrons. The molecule has 5 nitrogen and oxygen atoms in total. The fourth-order valence-electron chi connectivity index (χ4n) is 4.56. The molecular weight excluding hydrogens is 369 g/mol. The lowest BCUT2D eigenvalue weighted by molar-refractivity contribution is -0.0417. The number of nitrogens with zero attached hydrogens (tertiary/aromatic N) is 2. The molecule has 0 aromatic heterocycles. The van der Waals surface area contributed by atoms with E-state index in [9.17, 15) is 9.18 Å². The van der Waals surface area contributed by atoms with Crippen LogP contribution in [0.25, 0.3) is 0 Å². The van der Waals surface area contributed by atoms with Gasteiger partial charge in [0.15, 0.2) is 0 Å². The van der Waals surface area contributed by atoms with Crippen molar-refractivity contribution in [1.29, 1.82) is 0 Å². The number of hydrogen-bond acceptors (Lipinski definition) is 3. The number of benzene rings is 2. The van der Waals surface area contributed by atoms with Crippen molar-refractivity contribution in [2.24, 2.45) is 0 Å². The molecule has 0 aliphatic carbocycles. The third kappa shape index (κ3) is 3.81. The van der Waals surface area contributed by atoms with E-state index < -0.39 is 0 Å². The maximum atomic E-state index is 13.7. The number of rotatable bonds is 4. The van der Waals surface area contributed by atoms with Crippen LogP contribution in [-0.4, -0.2) is 49.3 Å². The van der Waals surface area contributed by atoms with Gasteiger partial charge in [-0.15, -0.1) is 0 Å². The Balaban J connectivity index is 1.37. The third-order valence-corrected chi connectivity index (χ3v) is 6.37. The van der Waals surface area contributed by atoms with Crippen LogP contribution >= 0.6 is 0 Å². The minimum Gasteiger partial charge on any atom is -0.377 e. The highest BCUT2D eigenvalue weighted by Gasteiger charge is 2.55. The number of anilines is 1. The molecule has 2 saturated heterocycles. The third-order valence-electron chi connectivity index (χ3n) is 6.37. The maximum Gasteiger partial charge on any atom is 0.317 e. The first-order chi connectivity index (χ1) is 14.0. The van der Waals surface area contributed by atoms with Crippen LogP contribution in [0.15, 0.2) is 48.5 Å². The van der Waals surface area contributed by atoms with E-state index in [4.69, 9.17) is 4.74 Å². The molecular formula is C23H28FN3O2. The van der Waals surface area contributed by atoms with Crippen LogP contribution in [0.4, 0.5) is 14.9 Å². The molecule has 2 aromatic carbocycles. The molecule has 2 aliphatic rings. The Bertz CT molecular complexity index is 863. The van der Waals surface area contributed by atoms with Gasteiger partial charge in [0.25, 0.3) is 0 Å². The Morgan fingerprint density at radius 3 is 2.59 bits per heavy atom. The molecule has 2 fully saturated rings. The van der Waals surface area contributed by atoms with Gasteiger partial charge in [-0.3, -0.25) is 0 Å². The van der Waals surface area contributed by atoms with Crippen molar-refractivity contribution >= 4 is 11.7 Å². The van der Waals surface area contributed by atoms with Crippen LogP contribution in [0.5, 0.6) is 0 Å². The largest absolute Gasteiger partial charge is 0.377 e. The van der Waals surface area contributed by atoms with Crippen LogP contribution in [0.2, 0.25) is 0 Å². The van der Waals surface area contributed by atoms with Gasteiger partial charge in [-0.2, -0.15) is 0 Å². The van der Waals surface area contributed by atoms with Crippen LogP contribution in [0.1, 0.15) is 24.0 Å². The number of nitrogens with one attached hydrogen (secondary N) is 1. The molecule has 2 aromatic rings. The summed E-state index contributed by atoms with van der Waals surface area (Å²) in [6, 6.07) is 14.9. The van der Waals surface area contributed by atoms with Crippen molar-refractivity contribution in [3.05, 3.63) is 65.5 Å². The minimum absolute atomic E-state index is 0.0361. The van der Waals surface area contributed by atoms with E-state index in [0.717, 1.165) is 30.6 Å². The van der Waals surface area contributed by atoms with Crippen LogP contribution in [-0.2, 0) is 11.3 Å². The summed E-state index contributed by atoms with van der Waals surface area (Å²) in [7, 11) is 1.73. The summed E-state index contributed by atoms with van der Waals surface area (Å²) in [6.07, 6.45) is 1.71. The van der Waals surface area contributed by atoms with Gasteiger partial charge in [-0.25, -0.2) is 9.18 Å². The number of methoxy groups -OCH3 is 1. The fourth-order valence-corrected chi connectivity index (χ4v) is 4.56. The van der Waals surface area contributed by atoms with E-state index in [1.807, 2.05) is 30.0 Å². The van der Waals surface area contributed by atoms with E-state index in [-0.39, 0.29) is 23.5 Å². The Labute approximate surface area is 171 Å². The zero-order valence-corrected chi connectivity index (χ0v) is 17.0. The molecule has 2 amide bonds. The lowest BCUT2D eigenvalue weighted by atomic mass is 9.73. The number of carbonyl (C=O) groups excluding carboxylic acids is 1. The second-order valence-corrected chi connectivity index (χ2v) is 8.05. The SMILES string of the molecule is COC1CN(c2cccc(F)c2)C12CCN(C(=O)NCc1ccc(C)cc1)CC2. The van der Waals surface area contributed by atoms with Gasteiger partial charge in [0.05, 0.1) is 11.6 Å². The standard InChI is InChI=1S/C23H28FN3O2/c1-17-6-8-18(9-7-17)15-25-22(28)26-12-10-23(11-13-26)21(29-2)16-27(23)20-5-3-4-19(24)14-20/h3-9,14,21H,10-13,15-16H2,1-2H3,(H,25,28). The number of amides is 2. The fraction of sp³-hybridized carbons (Fsp3) is 0.435. The van der Waals surface area contributed by atoms with Crippen molar-refractivity contribution in [2.45, 2.75) is 38.0 Å². The number of likely N-dealkylation sites (tertiary alicyclic amines) is 1. The van der Waals surface area contributed by atoms with E-state index >= 15 is 0 Å². The average molecular weight is 397 g/mol. The molecule has 2 aliphatic heterocycles. The predicted molar refractivity (Wildman–Crippen MR) is 111 cm³/mol. The van der Waals surface area contributed by atoms with Gasteiger partial charge in [-0.05, 0) is 43.5 Å². The molecule has 1 atom stereocenters. The zero-order valence-electron chi connectivity index (χ0n) is 17.0. The molecule has 6 heteroatoms. The van der Waals surface area contributed by atoms with Crippen molar-refractivity contribution in [3.63, 3.8) is 0 Å². The first-order valence-corrected chi connectivity index (χ1v) is 10.2. The summed E-state index contributed by atoms with van der Waals surface area (Å²) in [6.45, 7) is 4.64. The summed E-state index contributed by atoms with van der Waals surface area (Å²) in [5, 5.41) is 3.02. The second-order valence-electron chi connectivity index (χ2n) is 8.05. The summed E-state index contributed by atoms with van der Waals surface area (Å²) >= 11 is 0. The van der Waals surface area contributed by atoms with Gasteiger partial charge in [-0.1, -0.05) is 35.9 Å². The average Bonchev–Trinajstić information content (AvgIpc) is 2.73. The number of urea groups is 1. The first kappa shape index (κ1) is 19.7. The maximum absolute atomic E-state index is 13.7. The van der Waals surface area contributed by atoms with Crippen LogP contribution in [0.3, 0.4) is 0 Å². The van der Waals surface area contributed by atoms with E-state index in [2.05, 4.69) is 22.3 Å². The van der Waals surface area contributed by atoms with Crippen molar-refractivity contribution < 1.29 is 13.9 Å². The normalized spacial score (nSPS) is 20.4. The number of ether oxygens (including phenoxy) is 1. The van der Waals surface area contributed by atoms with Crippen molar-refractivity contribution in [2.75, 3.05) is 31.6 Å². The van der Waals surface area contributed by atoms with E-state index in [0.29, 0.717) is 19.6 Å². The topological polar surface area (TPSA) is 44.8 Å². The Kier molecular flexibility index (Phi) is 5.46. The van der Waals surface area contributed by atoms with E-state index in [1.165, 1.54) is 11.6 Å². The van der Waals surface area contributed by atoms with Gasteiger partial charge in [0.2, 0.25) is 0 Å². The Morgan fingerprint density at radius 1 is 1.21 bits per heavy atom. The molecule has 154 valence electrons. The van der Waals surface area contributed by atoms with Gasteiger partial charge in [0, 0.05) is 39.0 Å². The molecule has 29 heavy (non-hydrogen) atoms. The molecule has 0 saturated carbocycles. The lowest BCUT2D eigenvalue weighted by Gasteiger charge is -2.61. The minimum atomic E-state index is -0.230. The highest BCUT2D eigenvalue weighted by Crippen LogP contribution is 2.44. The monoisotopic (exact) mass is 397 g/mol. The highest BCUT2D eigenvalue weighted by atomic mass is 19.1. The number of piperidine rings is 1. The molecule has 1 N–H and O–H groups in total. The molecule has 1 spiro atoms. The number of carbonyl (C=O) groups is 1. The summed E-state index contributed by atoms with van der Waals surface area (Å²) in [4.78, 5) is 16.7. The highest BCUT2D eigenvalue weighted by molar-refractivity contribution is 5.74. The van der Waals surface area contributed by atoms with Crippen molar-refractivity contribution in [3.8, 4) is 0 Å². The molecule has 2 heterocycles. The first-order valence-electron chi connectivity index (χ1n) is 10.2. The van der Waals surface area contributed by atoms with E-state index in [1.54, 1.807) is 19.2 Å². The zero-order chi connectivity index (χ0) is 20.4. The van der Waals surface area contributed by atoms with Crippen molar-refractivity contribution in [1.82, 2.24) is 10.2 Å². The Hall–Kier alpha value is -2.60. The second kappa shape index (κ2) is 8.03. The van der Waals surface area contributed by atoms with Gasteiger partial charge < -0.3 is 19.9 Å². The number of aryl methyl sites for hydroxylation is 1. The summed E-state index contributed by atoms with van der Waals surface area (Å²) in [5.74, 6) is -0.230. The van der Waals surface area contributed by atoms with Gasteiger partial charge >= 0.3 is 6.03 Å². The van der Waals surface area contributed by atoms with Crippen LogP contribution in [0, 0.1) is 12.7 Å². The smallest absolute Gasteiger partial charge is 0.317 e. The Morgan fingerprint density at radius 2 is 1.93 bits per heavy atom.